The maximum absolute atomic E-state index is 11.5. The number of hydrogen-bond donors (Lipinski definition) is 2. The van der Waals surface area contributed by atoms with Crippen molar-refractivity contribution < 1.29 is 25.9 Å². The standard InChI is InChI=1S/C18H24O6S2/c1-2-3-4-5-6-7-8-14-11-17(26(22,23)24)12-15-9-10-16(13-18(14)15)25(19,20)21/h9-13H,2-8H2,1H3,(H,19,20,21)(H,22,23,24). The number of fused-ring (bicyclic) bond motifs is 1. The SMILES string of the molecule is CCCCCCCCc1cc(S(=O)(=O)O)cc2ccc(S(=O)(=O)O)cc12. The smallest absolute Gasteiger partial charge is 0.282 e. The minimum Gasteiger partial charge on any atom is -0.282 e. The van der Waals surface area contributed by atoms with E-state index in [0.29, 0.717) is 22.8 Å². The van der Waals surface area contributed by atoms with Gasteiger partial charge in [0.25, 0.3) is 20.2 Å². The Hall–Kier alpha value is -1.48. The van der Waals surface area contributed by atoms with Crippen molar-refractivity contribution in [3.8, 4) is 0 Å². The first kappa shape index (κ1) is 20.8. The van der Waals surface area contributed by atoms with Crippen LogP contribution in [0, 0.1) is 0 Å². The molecule has 0 bridgehead atoms. The summed E-state index contributed by atoms with van der Waals surface area (Å²) in [5.41, 5.74) is 0.635. The summed E-state index contributed by atoms with van der Waals surface area (Å²) >= 11 is 0. The van der Waals surface area contributed by atoms with Crippen LogP contribution in [0.25, 0.3) is 10.8 Å². The van der Waals surface area contributed by atoms with Gasteiger partial charge in [-0.2, -0.15) is 16.8 Å². The van der Waals surface area contributed by atoms with Crippen LogP contribution in [0.15, 0.2) is 40.1 Å². The number of hydrogen-bond acceptors (Lipinski definition) is 4. The lowest BCUT2D eigenvalue weighted by Gasteiger charge is -2.10. The molecular formula is C18H24O6S2. The van der Waals surface area contributed by atoms with Crippen LogP contribution in [-0.2, 0) is 26.7 Å². The maximum atomic E-state index is 11.5. The first-order chi connectivity index (χ1) is 12.1. The summed E-state index contributed by atoms with van der Waals surface area (Å²) in [7, 11) is -8.72. The molecule has 2 aromatic carbocycles. The van der Waals surface area contributed by atoms with Crippen LogP contribution in [0.3, 0.4) is 0 Å². The van der Waals surface area contributed by atoms with E-state index in [1.807, 2.05) is 0 Å². The minimum absolute atomic E-state index is 0.217. The summed E-state index contributed by atoms with van der Waals surface area (Å²) in [5.74, 6) is 0. The summed E-state index contributed by atoms with van der Waals surface area (Å²) in [6, 6.07) is 6.64. The predicted octanol–water partition coefficient (Wildman–Crippen LogP) is 4.24. The van der Waals surface area contributed by atoms with Gasteiger partial charge in [0.1, 0.15) is 0 Å². The number of rotatable bonds is 9. The van der Waals surface area contributed by atoms with Crippen molar-refractivity contribution in [1.29, 1.82) is 0 Å². The lowest BCUT2D eigenvalue weighted by molar-refractivity contribution is 0.480. The van der Waals surface area contributed by atoms with E-state index < -0.39 is 20.2 Å². The molecule has 2 N–H and O–H groups in total. The molecule has 0 saturated heterocycles. The fourth-order valence-corrected chi connectivity index (χ4v) is 4.07. The van der Waals surface area contributed by atoms with Crippen LogP contribution in [0.1, 0.15) is 51.0 Å². The second kappa shape index (κ2) is 8.47. The Labute approximate surface area is 154 Å². The Morgan fingerprint density at radius 3 is 2.00 bits per heavy atom. The highest BCUT2D eigenvalue weighted by Gasteiger charge is 2.16. The fourth-order valence-electron chi connectivity index (χ4n) is 3.00. The molecule has 0 unspecified atom stereocenters. The van der Waals surface area contributed by atoms with Crippen LogP contribution < -0.4 is 0 Å². The number of benzene rings is 2. The van der Waals surface area contributed by atoms with E-state index in [1.54, 1.807) is 0 Å². The van der Waals surface area contributed by atoms with E-state index in [4.69, 9.17) is 0 Å². The van der Waals surface area contributed by atoms with Crippen LogP contribution in [0.2, 0.25) is 0 Å². The van der Waals surface area contributed by atoms with Gasteiger partial charge in [-0.3, -0.25) is 9.11 Å². The average Bonchev–Trinajstić information content (AvgIpc) is 2.55. The number of unbranched alkanes of at least 4 members (excludes halogenated alkanes) is 5. The average molecular weight is 401 g/mol. The molecule has 26 heavy (non-hydrogen) atoms. The minimum atomic E-state index is -4.37. The third-order valence-corrected chi connectivity index (χ3v) is 6.06. The molecule has 2 rings (SSSR count). The van der Waals surface area contributed by atoms with Crippen LogP contribution in [0.4, 0.5) is 0 Å². The van der Waals surface area contributed by atoms with Crippen LogP contribution in [-0.4, -0.2) is 25.9 Å². The summed E-state index contributed by atoms with van der Waals surface area (Å²) in [4.78, 5) is -0.459. The predicted molar refractivity (Wildman–Crippen MR) is 101 cm³/mol. The van der Waals surface area contributed by atoms with Crippen LogP contribution >= 0.6 is 0 Å². The quantitative estimate of drug-likeness (QED) is 0.481. The van der Waals surface area contributed by atoms with Crippen molar-refractivity contribution in [3.63, 3.8) is 0 Å². The van der Waals surface area contributed by atoms with Crippen molar-refractivity contribution in [2.45, 2.75) is 61.7 Å². The lowest BCUT2D eigenvalue weighted by Crippen LogP contribution is -2.02. The van der Waals surface area contributed by atoms with Gasteiger partial charge < -0.3 is 0 Å². The molecule has 0 aromatic heterocycles. The van der Waals surface area contributed by atoms with Crippen molar-refractivity contribution in [2.75, 3.05) is 0 Å². The topological polar surface area (TPSA) is 109 Å². The van der Waals surface area contributed by atoms with Gasteiger partial charge in [0.05, 0.1) is 9.79 Å². The largest absolute Gasteiger partial charge is 0.294 e. The normalized spacial score (nSPS) is 12.6. The van der Waals surface area contributed by atoms with E-state index in [-0.39, 0.29) is 9.79 Å². The van der Waals surface area contributed by atoms with Crippen molar-refractivity contribution in [2.24, 2.45) is 0 Å². The zero-order valence-electron chi connectivity index (χ0n) is 14.7. The summed E-state index contributed by atoms with van der Waals surface area (Å²) in [6.07, 6.45) is 6.92. The molecule has 0 atom stereocenters. The molecule has 0 aliphatic carbocycles. The van der Waals surface area contributed by atoms with Crippen molar-refractivity contribution >= 4 is 31.0 Å². The highest BCUT2D eigenvalue weighted by atomic mass is 32.2. The van der Waals surface area contributed by atoms with E-state index >= 15 is 0 Å². The Morgan fingerprint density at radius 2 is 1.38 bits per heavy atom. The molecule has 0 saturated carbocycles. The highest BCUT2D eigenvalue weighted by Crippen LogP contribution is 2.28. The van der Waals surface area contributed by atoms with Gasteiger partial charge in [-0.25, -0.2) is 0 Å². The molecule has 0 fully saturated rings. The molecule has 8 heteroatoms. The number of aryl methyl sites for hydroxylation is 1. The van der Waals surface area contributed by atoms with Gasteiger partial charge in [0.15, 0.2) is 0 Å². The van der Waals surface area contributed by atoms with E-state index in [9.17, 15) is 25.9 Å². The summed E-state index contributed by atoms with van der Waals surface area (Å²) < 4.78 is 64.5. The highest BCUT2D eigenvalue weighted by molar-refractivity contribution is 7.86. The maximum Gasteiger partial charge on any atom is 0.294 e. The molecule has 0 aliphatic rings. The Balaban J connectivity index is 2.39. The second-order valence-corrected chi connectivity index (χ2v) is 9.28. The summed E-state index contributed by atoms with van der Waals surface area (Å²) in [6.45, 7) is 2.14. The molecular weight excluding hydrogens is 376 g/mol. The Morgan fingerprint density at radius 1 is 0.769 bits per heavy atom. The second-order valence-electron chi connectivity index (χ2n) is 6.43. The van der Waals surface area contributed by atoms with E-state index in [1.165, 1.54) is 36.8 Å². The van der Waals surface area contributed by atoms with Gasteiger partial charge in [-0.15, -0.1) is 0 Å². The molecule has 0 aliphatic heterocycles. The molecule has 0 heterocycles. The van der Waals surface area contributed by atoms with E-state index in [0.717, 1.165) is 32.1 Å². The van der Waals surface area contributed by atoms with Gasteiger partial charge in [0.2, 0.25) is 0 Å². The van der Waals surface area contributed by atoms with Gasteiger partial charge >= 0.3 is 0 Å². The zero-order valence-corrected chi connectivity index (χ0v) is 16.3. The molecule has 144 valence electrons. The van der Waals surface area contributed by atoms with Gasteiger partial charge in [-0.05, 0) is 53.4 Å². The lowest BCUT2D eigenvalue weighted by atomic mass is 9.99. The molecule has 6 nitrogen and oxygen atoms in total. The monoisotopic (exact) mass is 400 g/mol. The molecule has 0 spiro atoms. The fraction of sp³-hybridized carbons (Fsp3) is 0.444. The zero-order chi connectivity index (χ0) is 19.4. The molecule has 0 amide bonds. The first-order valence-electron chi connectivity index (χ1n) is 8.64. The first-order valence-corrected chi connectivity index (χ1v) is 11.5. The van der Waals surface area contributed by atoms with E-state index in [2.05, 4.69) is 6.92 Å². The van der Waals surface area contributed by atoms with Crippen molar-refractivity contribution in [1.82, 2.24) is 0 Å². The third kappa shape index (κ3) is 5.51. The summed E-state index contributed by atoms with van der Waals surface area (Å²) in [5, 5.41) is 1.05. The van der Waals surface area contributed by atoms with Crippen molar-refractivity contribution in [3.05, 3.63) is 35.9 Å². The Kier molecular flexibility index (Phi) is 6.79. The Bertz CT molecular complexity index is 978. The third-order valence-electron chi connectivity index (χ3n) is 4.38. The molecule has 2 aromatic rings. The van der Waals surface area contributed by atoms with Crippen LogP contribution in [0.5, 0.6) is 0 Å². The van der Waals surface area contributed by atoms with Gasteiger partial charge in [-0.1, -0.05) is 45.1 Å². The van der Waals surface area contributed by atoms with Gasteiger partial charge in [0, 0.05) is 0 Å². The molecule has 0 radical (unpaired) electrons.